The molecule has 0 bridgehead atoms. The summed E-state index contributed by atoms with van der Waals surface area (Å²) in [5.74, 6) is 0. The van der Waals surface area contributed by atoms with Crippen LogP contribution in [0.25, 0.3) is 10.1 Å². The Balaban J connectivity index is 1.83. The van der Waals surface area contributed by atoms with Crippen molar-refractivity contribution in [1.82, 2.24) is 0 Å². The number of sulfone groups is 1. The lowest BCUT2D eigenvalue weighted by Gasteiger charge is -2.13. The zero-order valence-corrected chi connectivity index (χ0v) is 19.8. The first-order valence-corrected chi connectivity index (χ1v) is 13.4. The average Bonchev–Trinajstić information content (AvgIpc) is 3.06. The van der Waals surface area contributed by atoms with Gasteiger partial charge >= 0.3 is 0 Å². The van der Waals surface area contributed by atoms with Crippen molar-refractivity contribution in [2.24, 2.45) is 0 Å². The molecule has 4 rings (SSSR count). The molecule has 0 radical (unpaired) electrons. The van der Waals surface area contributed by atoms with Crippen LogP contribution in [0.4, 0.5) is 5.69 Å². The Morgan fingerprint density at radius 2 is 1.58 bits per heavy atom. The van der Waals surface area contributed by atoms with Gasteiger partial charge in [-0.25, -0.2) is 16.8 Å². The number of hydrogen-bond acceptors (Lipinski definition) is 5. The SMILES string of the molecule is Cc1ccc2sc(S(=O)(=O)Nc3ccc(Cl)cc3S(=O)(=O)c3ccccc3)c(C)c2c1. The predicted molar refractivity (Wildman–Crippen MR) is 125 cm³/mol. The summed E-state index contributed by atoms with van der Waals surface area (Å²) in [5.41, 5.74) is 1.60. The van der Waals surface area contributed by atoms with Crippen molar-refractivity contribution < 1.29 is 16.8 Å². The third kappa shape index (κ3) is 4.08. The first-order chi connectivity index (χ1) is 14.6. The van der Waals surface area contributed by atoms with E-state index < -0.39 is 19.9 Å². The third-order valence-electron chi connectivity index (χ3n) is 4.82. The number of rotatable bonds is 5. The van der Waals surface area contributed by atoms with Crippen LogP contribution in [0.15, 0.2) is 80.7 Å². The molecule has 1 aromatic heterocycles. The number of sulfonamides is 1. The van der Waals surface area contributed by atoms with E-state index in [2.05, 4.69) is 4.72 Å². The third-order valence-corrected chi connectivity index (χ3v) is 10.1. The van der Waals surface area contributed by atoms with Crippen LogP contribution >= 0.6 is 22.9 Å². The van der Waals surface area contributed by atoms with E-state index in [0.717, 1.165) is 27.0 Å². The Morgan fingerprint density at radius 1 is 0.871 bits per heavy atom. The maximum absolute atomic E-state index is 13.2. The van der Waals surface area contributed by atoms with Gasteiger partial charge in [0.25, 0.3) is 10.0 Å². The molecule has 0 saturated heterocycles. The van der Waals surface area contributed by atoms with Crippen LogP contribution in [0.2, 0.25) is 5.02 Å². The second-order valence-corrected chi connectivity index (χ2v) is 12.4. The molecule has 0 spiro atoms. The highest BCUT2D eigenvalue weighted by atomic mass is 35.5. The highest BCUT2D eigenvalue weighted by molar-refractivity contribution is 7.95. The Labute approximate surface area is 190 Å². The van der Waals surface area contributed by atoms with E-state index in [0.29, 0.717) is 5.56 Å². The minimum Gasteiger partial charge on any atom is -0.278 e. The summed E-state index contributed by atoms with van der Waals surface area (Å²) in [7, 11) is -8.03. The quantitative estimate of drug-likeness (QED) is 0.382. The summed E-state index contributed by atoms with van der Waals surface area (Å²) in [6, 6.07) is 17.6. The molecule has 0 saturated carbocycles. The molecular formula is C22H18ClNO4S3. The van der Waals surface area contributed by atoms with Gasteiger partial charge in [0, 0.05) is 9.72 Å². The fourth-order valence-corrected chi connectivity index (χ4v) is 7.88. The predicted octanol–water partition coefficient (Wildman–Crippen LogP) is 5.81. The zero-order valence-electron chi connectivity index (χ0n) is 16.6. The standard InChI is InChI=1S/C22H18ClNO4S3/c1-14-8-11-20-18(12-14)15(2)22(29-20)31(27,28)24-19-10-9-16(23)13-21(19)30(25,26)17-6-4-3-5-7-17/h3-13,24H,1-2H3. The smallest absolute Gasteiger partial charge is 0.271 e. The number of thiophene rings is 1. The topological polar surface area (TPSA) is 80.3 Å². The van der Waals surface area contributed by atoms with Gasteiger partial charge < -0.3 is 0 Å². The molecule has 4 aromatic rings. The highest BCUT2D eigenvalue weighted by Gasteiger charge is 2.27. The molecule has 160 valence electrons. The Kier molecular flexibility index (Phi) is 5.59. The van der Waals surface area contributed by atoms with Gasteiger partial charge in [-0.3, -0.25) is 4.72 Å². The van der Waals surface area contributed by atoms with Gasteiger partial charge in [0.15, 0.2) is 0 Å². The van der Waals surface area contributed by atoms with E-state index in [4.69, 9.17) is 11.6 Å². The molecule has 0 aliphatic carbocycles. The fourth-order valence-electron chi connectivity index (χ4n) is 3.29. The number of halogens is 1. The molecular weight excluding hydrogens is 474 g/mol. The van der Waals surface area contributed by atoms with Gasteiger partial charge in [0.1, 0.15) is 4.21 Å². The maximum Gasteiger partial charge on any atom is 0.271 e. The molecule has 0 aliphatic rings. The van der Waals surface area contributed by atoms with Gasteiger partial charge in [-0.05, 0) is 61.2 Å². The molecule has 1 heterocycles. The number of benzene rings is 3. The lowest BCUT2D eigenvalue weighted by atomic mass is 10.1. The van der Waals surface area contributed by atoms with Crippen molar-refractivity contribution in [3.8, 4) is 0 Å². The van der Waals surface area contributed by atoms with Gasteiger partial charge in [0.2, 0.25) is 9.84 Å². The second-order valence-electron chi connectivity index (χ2n) is 7.08. The minimum absolute atomic E-state index is 0.0474. The van der Waals surface area contributed by atoms with Crippen molar-refractivity contribution in [3.05, 3.63) is 82.9 Å². The normalized spacial score (nSPS) is 12.2. The second kappa shape index (κ2) is 7.94. The first-order valence-electron chi connectivity index (χ1n) is 9.22. The summed E-state index contributed by atoms with van der Waals surface area (Å²) >= 11 is 7.20. The lowest BCUT2D eigenvalue weighted by Crippen LogP contribution is -2.15. The summed E-state index contributed by atoms with van der Waals surface area (Å²) in [6.45, 7) is 3.69. The molecule has 31 heavy (non-hydrogen) atoms. The van der Waals surface area contributed by atoms with E-state index in [-0.39, 0.29) is 24.7 Å². The van der Waals surface area contributed by atoms with Crippen LogP contribution in [0.1, 0.15) is 11.1 Å². The molecule has 0 fully saturated rings. The van der Waals surface area contributed by atoms with Crippen LogP contribution in [0, 0.1) is 13.8 Å². The summed E-state index contributed by atoms with van der Waals surface area (Å²) < 4.78 is 56.3. The number of hydrogen-bond donors (Lipinski definition) is 1. The fraction of sp³-hybridized carbons (Fsp3) is 0.0909. The Hall–Kier alpha value is -2.39. The van der Waals surface area contributed by atoms with Crippen molar-refractivity contribution in [3.63, 3.8) is 0 Å². The van der Waals surface area contributed by atoms with Crippen molar-refractivity contribution >= 4 is 58.6 Å². The number of nitrogens with one attached hydrogen (secondary N) is 1. The van der Waals surface area contributed by atoms with Crippen LogP contribution in [0.3, 0.4) is 0 Å². The van der Waals surface area contributed by atoms with Gasteiger partial charge in [0.05, 0.1) is 15.5 Å². The average molecular weight is 492 g/mol. The van der Waals surface area contributed by atoms with Crippen LogP contribution in [-0.4, -0.2) is 16.8 Å². The summed E-state index contributed by atoms with van der Waals surface area (Å²) in [4.78, 5) is -0.157. The van der Waals surface area contributed by atoms with Crippen LogP contribution in [-0.2, 0) is 19.9 Å². The van der Waals surface area contributed by atoms with Crippen molar-refractivity contribution in [2.45, 2.75) is 27.8 Å². The molecule has 1 N–H and O–H groups in total. The molecule has 0 atom stereocenters. The van der Waals surface area contributed by atoms with Crippen molar-refractivity contribution in [1.29, 1.82) is 0 Å². The number of fused-ring (bicyclic) bond motifs is 1. The summed E-state index contributed by atoms with van der Waals surface area (Å²) in [6.07, 6.45) is 0. The van der Waals surface area contributed by atoms with Crippen LogP contribution < -0.4 is 4.72 Å². The van der Waals surface area contributed by atoms with Crippen molar-refractivity contribution in [2.75, 3.05) is 4.72 Å². The molecule has 0 unspecified atom stereocenters. The monoisotopic (exact) mass is 491 g/mol. The van der Waals surface area contributed by atoms with E-state index >= 15 is 0 Å². The Morgan fingerprint density at radius 3 is 2.29 bits per heavy atom. The van der Waals surface area contributed by atoms with E-state index in [1.54, 1.807) is 25.1 Å². The number of aryl methyl sites for hydroxylation is 2. The minimum atomic E-state index is -4.04. The summed E-state index contributed by atoms with van der Waals surface area (Å²) in [5, 5.41) is 1.05. The Bertz CT molecular complexity index is 1510. The van der Waals surface area contributed by atoms with Gasteiger partial charge in [-0.1, -0.05) is 47.5 Å². The zero-order chi connectivity index (χ0) is 22.4. The molecule has 5 nitrogen and oxygen atoms in total. The molecule has 9 heteroatoms. The molecule has 3 aromatic carbocycles. The van der Waals surface area contributed by atoms with Gasteiger partial charge in [-0.15, -0.1) is 11.3 Å². The van der Waals surface area contributed by atoms with Gasteiger partial charge in [-0.2, -0.15) is 0 Å². The van der Waals surface area contributed by atoms with E-state index in [1.165, 1.54) is 30.3 Å². The van der Waals surface area contributed by atoms with Crippen LogP contribution in [0.5, 0.6) is 0 Å². The number of anilines is 1. The molecule has 0 amide bonds. The molecule has 0 aliphatic heterocycles. The first kappa shape index (κ1) is 21.8. The van der Waals surface area contributed by atoms with E-state index in [9.17, 15) is 16.8 Å². The maximum atomic E-state index is 13.2. The highest BCUT2D eigenvalue weighted by Crippen LogP contribution is 2.37. The largest absolute Gasteiger partial charge is 0.278 e. The lowest BCUT2D eigenvalue weighted by molar-refractivity contribution is 0.596. The van der Waals surface area contributed by atoms with E-state index in [1.807, 2.05) is 25.1 Å².